The highest BCUT2D eigenvalue weighted by Crippen LogP contribution is 2.44. The molecule has 10 nitrogen and oxygen atoms in total. The van der Waals surface area contributed by atoms with Crippen LogP contribution in [0.4, 0.5) is 0 Å². The van der Waals surface area contributed by atoms with Crippen LogP contribution in [0.2, 0.25) is 0 Å². The van der Waals surface area contributed by atoms with Crippen molar-refractivity contribution in [3.8, 4) is 0 Å². The van der Waals surface area contributed by atoms with E-state index >= 15 is 0 Å². The van der Waals surface area contributed by atoms with Crippen molar-refractivity contribution in [3.05, 3.63) is 0 Å². The second-order valence-electron chi connectivity index (χ2n) is 5.10. The van der Waals surface area contributed by atoms with Crippen molar-refractivity contribution in [2.45, 2.75) is 44.7 Å². The molecule has 0 saturated carbocycles. The van der Waals surface area contributed by atoms with E-state index in [2.05, 4.69) is 0 Å². The molecule has 22 heavy (non-hydrogen) atoms. The van der Waals surface area contributed by atoms with Crippen LogP contribution in [0.15, 0.2) is 0 Å². The Kier molecular flexibility index (Phi) is 6.04. The van der Waals surface area contributed by atoms with Gasteiger partial charge in [0.05, 0.1) is 47.6 Å². The molecule has 0 saturated heterocycles. The predicted octanol–water partition coefficient (Wildman–Crippen LogP) is -6.29. The second-order valence-corrected chi connectivity index (χ2v) is 5.10. The third kappa shape index (κ3) is 2.65. The molecule has 0 aliphatic carbocycles. The Hall–Kier alpha value is -1.75. The lowest BCUT2D eigenvalue weighted by atomic mass is 9.59. The smallest absolute Gasteiger partial charge is 0.130 e. The van der Waals surface area contributed by atoms with Crippen LogP contribution in [0, 0.1) is 11.3 Å². The zero-order valence-electron chi connectivity index (χ0n) is 12.0. The van der Waals surface area contributed by atoms with Gasteiger partial charge in [-0.25, -0.2) is 0 Å². The molecule has 0 aromatic rings. The molecule has 0 aliphatic heterocycles. The summed E-state index contributed by atoms with van der Waals surface area (Å²) in [5.74, 6) is -10.2. The normalized spacial score (nSPS) is 22.5. The highest BCUT2D eigenvalue weighted by atomic mass is 16.4. The number of carboxylic acid groups (broad SMARTS) is 3. The van der Waals surface area contributed by atoms with Crippen LogP contribution < -0.4 is 15.3 Å². The van der Waals surface area contributed by atoms with Crippen LogP contribution in [-0.2, 0) is 14.4 Å². The molecule has 5 unspecified atom stereocenters. The first-order valence-corrected chi connectivity index (χ1v) is 6.19. The van der Waals surface area contributed by atoms with E-state index < -0.39 is 53.2 Å². The number of aliphatic hydroxyl groups is 4. The molecule has 0 amide bonds. The average Bonchev–Trinajstić information content (AvgIpc) is 2.25. The lowest BCUT2D eigenvalue weighted by Gasteiger charge is -2.55. The quantitative estimate of drug-likeness (QED) is 0.333. The maximum Gasteiger partial charge on any atom is 0.130 e. The van der Waals surface area contributed by atoms with E-state index in [4.69, 9.17) is 0 Å². The van der Waals surface area contributed by atoms with Gasteiger partial charge in [0.25, 0.3) is 0 Å². The molecule has 0 spiro atoms. The Morgan fingerprint density at radius 3 is 1.36 bits per heavy atom. The summed E-state index contributed by atoms with van der Waals surface area (Å²) in [7, 11) is 0. The number of hydrogen-bond acceptors (Lipinski definition) is 10. The van der Waals surface area contributed by atoms with Crippen LogP contribution >= 0.6 is 0 Å². The first kappa shape index (κ1) is 20.2. The van der Waals surface area contributed by atoms with Crippen LogP contribution in [0.1, 0.15) is 20.8 Å². The lowest BCUT2D eigenvalue weighted by molar-refractivity contribution is -0.377. The molecule has 0 radical (unpaired) electrons. The first-order valence-electron chi connectivity index (χ1n) is 6.19. The first-order chi connectivity index (χ1) is 9.79. The summed E-state index contributed by atoms with van der Waals surface area (Å²) in [5, 5.41) is 73.0. The summed E-state index contributed by atoms with van der Waals surface area (Å²) in [5.41, 5.74) is -7.34. The van der Waals surface area contributed by atoms with Crippen molar-refractivity contribution in [3.63, 3.8) is 0 Å². The molecule has 0 aromatic heterocycles. The number of carboxylic acids is 3. The van der Waals surface area contributed by atoms with E-state index in [9.17, 15) is 50.1 Å². The average molecular weight is 321 g/mol. The largest absolute Gasteiger partial charge is 0.550 e. The Morgan fingerprint density at radius 1 is 0.864 bits per heavy atom. The minimum absolute atomic E-state index is 0.699. The van der Waals surface area contributed by atoms with E-state index in [0.717, 1.165) is 6.92 Å². The minimum atomic E-state index is -3.93. The maximum absolute atomic E-state index is 11.4. The molecule has 5 atom stereocenters. The molecular weight excluding hydrogens is 304 g/mol. The molecular formula is C12H17O10-3. The minimum Gasteiger partial charge on any atom is -0.550 e. The van der Waals surface area contributed by atoms with Gasteiger partial charge in [-0.1, -0.05) is 0 Å². The second kappa shape index (κ2) is 6.57. The third-order valence-electron chi connectivity index (χ3n) is 3.78. The summed E-state index contributed by atoms with van der Waals surface area (Å²) >= 11 is 0. The van der Waals surface area contributed by atoms with Crippen LogP contribution in [0.25, 0.3) is 0 Å². The third-order valence-corrected chi connectivity index (χ3v) is 3.78. The molecule has 0 bridgehead atoms. The van der Waals surface area contributed by atoms with Gasteiger partial charge in [0.1, 0.15) is 5.60 Å². The topological polar surface area (TPSA) is 201 Å². The summed E-state index contributed by atoms with van der Waals surface area (Å²) in [6, 6.07) is 0. The SMILES string of the molecule is CC(O)C(C(=O)[O-])C(O)(C(=O)[O-])C(C(=O)[O-])(C(C)O)C(C)O. The number of hydrogen-bond donors (Lipinski definition) is 4. The Balaban J connectivity index is 6.83. The summed E-state index contributed by atoms with van der Waals surface area (Å²) < 4.78 is 0. The van der Waals surface area contributed by atoms with Gasteiger partial charge in [-0.05, 0) is 20.8 Å². The van der Waals surface area contributed by atoms with Crippen molar-refractivity contribution in [2.75, 3.05) is 0 Å². The lowest BCUT2D eigenvalue weighted by Crippen LogP contribution is -2.78. The maximum atomic E-state index is 11.4. The van der Waals surface area contributed by atoms with E-state index in [1.807, 2.05) is 0 Å². The molecule has 128 valence electrons. The Morgan fingerprint density at radius 2 is 1.23 bits per heavy atom. The summed E-state index contributed by atoms with van der Waals surface area (Å²) in [4.78, 5) is 33.9. The van der Waals surface area contributed by atoms with Gasteiger partial charge in [-0.2, -0.15) is 0 Å². The van der Waals surface area contributed by atoms with Crippen molar-refractivity contribution in [1.82, 2.24) is 0 Å². The fraction of sp³-hybridized carbons (Fsp3) is 0.750. The molecule has 10 heteroatoms. The molecule has 0 fully saturated rings. The van der Waals surface area contributed by atoms with Crippen molar-refractivity contribution in [2.24, 2.45) is 11.3 Å². The van der Waals surface area contributed by atoms with Gasteiger partial charge >= 0.3 is 0 Å². The molecule has 4 N–H and O–H groups in total. The predicted molar refractivity (Wildman–Crippen MR) is 60.9 cm³/mol. The summed E-state index contributed by atoms with van der Waals surface area (Å²) in [6.07, 6.45) is -6.70. The fourth-order valence-corrected chi connectivity index (χ4v) is 2.75. The Bertz CT molecular complexity index is 447. The van der Waals surface area contributed by atoms with Crippen LogP contribution in [-0.4, -0.2) is 62.2 Å². The number of aliphatic hydroxyl groups excluding tert-OH is 3. The highest BCUT2D eigenvalue weighted by Gasteiger charge is 2.63. The summed E-state index contributed by atoms with van der Waals surface area (Å²) in [6.45, 7) is 2.15. The molecule has 0 aliphatic rings. The van der Waals surface area contributed by atoms with Crippen molar-refractivity contribution < 1.29 is 50.1 Å². The van der Waals surface area contributed by atoms with Gasteiger partial charge in [0.15, 0.2) is 0 Å². The van der Waals surface area contributed by atoms with Crippen molar-refractivity contribution >= 4 is 17.9 Å². The van der Waals surface area contributed by atoms with E-state index in [-0.39, 0.29) is 0 Å². The molecule has 0 aromatic carbocycles. The van der Waals surface area contributed by atoms with E-state index in [1.165, 1.54) is 0 Å². The van der Waals surface area contributed by atoms with E-state index in [0.29, 0.717) is 13.8 Å². The van der Waals surface area contributed by atoms with Gasteiger partial charge < -0.3 is 50.1 Å². The number of carbonyl (C=O) groups is 3. The standard InChI is InChI=1S/C12H20O10/c1-4(13)7(8(16)17)12(22,10(20)21)11(5(2)14,6(3)15)9(18)19/h4-7,13-15,22H,1-3H3,(H,16,17)(H,18,19)(H,20,21)/p-3. The molecule has 0 heterocycles. The zero-order valence-corrected chi connectivity index (χ0v) is 12.0. The zero-order chi connectivity index (χ0) is 18.0. The van der Waals surface area contributed by atoms with Gasteiger partial charge in [0, 0.05) is 0 Å². The number of rotatable bonds is 8. The number of carbonyl (C=O) groups excluding carboxylic acids is 3. The van der Waals surface area contributed by atoms with Crippen molar-refractivity contribution in [1.29, 1.82) is 0 Å². The van der Waals surface area contributed by atoms with Gasteiger partial charge in [0.2, 0.25) is 0 Å². The Labute approximate surface area is 125 Å². The number of aliphatic carboxylic acids is 3. The fourth-order valence-electron chi connectivity index (χ4n) is 2.75. The monoisotopic (exact) mass is 321 g/mol. The van der Waals surface area contributed by atoms with Gasteiger partial charge in [-0.3, -0.25) is 0 Å². The highest BCUT2D eigenvalue weighted by molar-refractivity contribution is 5.92. The van der Waals surface area contributed by atoms with Gasteiger partial charge in [-0.15, -0.1) is 0 Å². The van der Waals surface area contributed by atoms with E-state index in [1.54, 1.807) is 0 Å². The molecule has 0 rings (SSSR count). The van der Waals surface area contributed by atoms with Crippen LogP contribution in [0.3, 0.4) is 0 Å². The van der Waals surface area contributed by atoms with Crippen LogP contribution in [0.5, 0.6) is 0 Å².